The Morgan fingerprint density at radius 1 is 1.06 bits per heavy atom. The molecule has 1 atom stereocenters. The highest BCUT2D eigenvalue weighted by molar-refractivity contribution is 6.10. The first-order valence-corrected chi connectivity index (χ1v) is 6.66. The fourth-order valence-corrected chi connectivity index (χ4v) is 2.35. The van der Waals surface area contributed by atoms with Crippen LogP contribution in [0.25, 0.3) is 0 Å². The van der Waals surface area contributed by atoms with Crippen molar-refractivity contribution in [3.05, 3.63) is 35.9 Å². The molecule has 0 aliphatic carbocycles. The summed E-state index contributed by atoms with van der Waals surface area (Å²) in [4.78, 5) is 24.3. The summed E-state index contributed by atoms with van der Waals surface area (Å²) in [6.07, 6.45) is 4.87. The van der Waals surface area contributed by atoms with Gasteiger partial charge in [0.15, 0.2) is 5.78 Å². The summed E-state index contributed by atoms with van der Waals surface area (Å²) in [5, 5.41) is 2.87. The maximum Gasteiger partial charge on any atom is 0.230 e. The van der Waals surface area contributed by atoms with E-state index >= 15 is 0 Å². The van der Waals surface area contributed by atoms with Gasteiger partial charge < -0.3 is 5.32 Å². The molecule has 0 saturated carbocycles. The number of nitrogens with one attached hydrogen (secondary N) is 1. The van der Waals surface area contributed by atoms with E-state index in [2.05, 4.69) is 5.32 Å². The summed E-state index contributed by atoms with van der Waals surface area (Å²) in [6.45, 7) is 0.692. The number of ketones is 1. The molecule has 0 bridgehead atoms. The molecule has 0 radical (unpaired) electrons. The molecule has 0 spiro atoms. The van der Waals surface area contributed by atoms with Crippen molar-refractivity contribution < 1.29 is 9.59 Å². The predicted octanol–water partition coefficient (Wildman–Crippen LogP) is 2.57. The summed E-state index contributed by atoms with van der Waals surface area (Å²) in [7, 11) is 0. The Morgan fingerprint density at radius 3 is 2.56 bits per heavy atom. The lowest BCUT2D eigenvalue weighted by Crippen LogP contribution is -2.35. The highest BCUT2D eigenvalue weighted by Gasteiger charge is 2.27. The molecule has 1 amide bonds. The predicted molar refractivity (Wildman–Crippen MR) is 70.4 cm³/mol. The quantitative estimate of drug-likeness (QED) is 0.643. The number of hydrogen-bond donors (Lipinski definition) is 1. The second kappa shape index (κ2) is 6.34. The average Bonchev–Trinajstić information content (AvgIpc) is 2.51. The Balaban J connectivity index is 2.12. The zero-order valence-corrected chi connectivity index (χ0v) is 10.5. The topological polar surface area (TPSA) is 46.2 Å². The van der Waals surface area contributed by atoms with Crippen LogP contribution in [-0.4, -0.2) is 18.2 Å². The van der Waals surface area contributed by atoms with Gasteiger partial charge in [-0.3, -0.25) is 9.59 Å². The van der Waals surface area contributed by atoms with Crippen LogP contribution in [0.5, 0.6) is 0 Å². The molecule has 96 valence electrons. The van der Waals surface area contributed by atoms with Crippen LogP contribution in [0.4, 0.5) is 0 Å². The number of hydrogen-bond acceptors (Lipinski definition) is 2. The van der Waals surface area contributed by atoms with E-state index in [1.807, 2.05) is 18.2 Å². The van der Waals surface area contributed by atoms with Gasteiger partial charge in [-0.05, 0) is 12.8 Å². The van der Waals surface area contributed by atoms with Crippen molar-refractivity contribution in [1.29, 1.82) is 0 Å². The molecule has 1 heterocycles. The van der Waals surface area contributed by atoms with Crippen molar-refractivity contribution in [3.8, 4) is 0 Å². The highest BCUT2D eigenvalue weighted by Crippen LogP contribution is 2.18. The van der Waals surface area contributed by atoms with Crippen molar-refractivity contribution in [2.75, 3.05) is 6.54 Å². The van der Waals surface area contributed by atoms with E-state index in [0.29, 0.717) is 18.5 Å². The molecule has 1 aromatic rings. The van der Waals surface area contributed by atoms with E-state index in [9.17, 15) is 9.59 Å². The fraction of sp³-hybridized carbons (Fsp3) is 0.467. The monoisotopic (exact) mass is 245 g/mol. The molecule has 3 heteroatoms. The Hall–Kier alpha value is -1.64. The van der Waals surface area contributed by atoms with Crippen LogP contribution in [0.2, 0.25) is 0 Å². The Labute approximate surface area is 108 Å². The van der Waals surface area contributed by atoms with Crippen LogP contribution in [0.1, 0.15) is 42.5 Å². The molecule has 1 saturated heterocycles. The van der Waals surface area contributed by atoms with Gasteiger partial charge in [0.05, 0.1) is 0 Å². The van der Waals surface area contributed by atoms with Gasteiger partial charge in [-0.25, -0.2) is 0 Å². The van der Waals surface area contributed by atoms with Gasteiger partial charge in [0, 0.05) is 12.1 Å². The lowest BCUT2D eigenvalue weighted by atomic mass is 9.92. The zero-order chi connectivity index (χ0) is 12.8. The fourth-order valence-electron chi connectivity index (χ4n) is 2.35. The summed E-state index contributed by atoms with van der Waals surface area (Å²) >= 11 is 0. The van der Waals surface area contributed by atoms with E-state index in [4.69, 9.17) is 0 Å². The van der Waals surface area contributed by atoms with Gasteiger partial charge in [-0.15, -0.1) is 0 Å². The lowest BCUT2D eigenvalue weighted by molar-refractivity contribution is -0.123. The smallest absolute Gasteiger partial charge is 0.230 e. The maximum atomic E-state index is 12.3. The molecular weight excluding hydrogens is 226 g/mol. The number of benzene rings is 1. The highest BCUT2D eigenvalue weighted by atomic mass is 16.2. The van der Waals surface area contributed by atoms with Gasteiger partial charge >= 0.3 is 0 Å². The van der Waals surface area contributed by atoms with Crippen LogP contribution in [0.3, 0.4) is 0 Å². The third-order valence-electron chi connectivity index (χ3n) is 3.41. The zero-order valence-electron chi connectivity index (χ0n) is 10.5. The molecule has 1 aliphatic heterocycles. The second-order valence-electron chi connectivity index (χ2n) is 4.78. The van der Waals surface area contributed by atoms with Crippen LogP contribution in [-0.2, 0) is 4.79 Å². The third-order valence-corrected chi connectivity index (χ3v) is 3.41. The minimum atomic E-state index is -0.509. The molecular formula is C15H19NO2. The first-order valence-electron chi connectivity index (χ1n) is 6.66. The summed E-state index contributed by atoms with van der Waals surface area (Å²) in [5.41, 5.74) is 0.636. The minimum absolute atomic E-state index is 0.0463. The molecule has 1 aliphatic rings. The third kappa shape index (κ3) is 3.19. The number of carbonyl (C=O) groups is 2. The molecule has 1 N–H and O–H groups in total. The maximum absolute atomic E-state index is 12.3. The Kier molecular flexibility index (Phi) is 4.51. The molecule has 1 fully saturated rings. The van der Waals surface area contributed by atoms with Crippen molar-refractivity contribution in [1.82, 2.24) is 5.32 Å². The van der Waals surface area contributed by atoms with Gasteiger partial charge in [-0.2, -0.15) is 0 Å². The van der Waals surface area contributed by atoms with E-state index < -0.39 is 5.92 Å². The van der Waals surface area contributed by atoms with Crippen LogP contribution >= 0.6 is 0 Å². The van der Waals surface area contributed by atoms with Crippen molar-refractivity contribution >= 4 is 11.7 Å². The number of carbonyl (C=O) groups excluding carboxylic acids is 2. The van der Waals surface area contributed by atoms with Crippen LogP contribution in [0.15, 0.2) is 30.3 Å². The van der Waals surface area contributed by atoms with Gasteiger partial charge in [-0.1, -0.05) is 49.6 Å². The van der Waals surface area contributed by atoms with Crippen LogP contribution < -0.4 is 5.32 Å². The first-order chi connectivity index (χ1) is 8.79. The minimum Gasteiger partial charge on any atom is -0.355 e. The SMILES string of the molecule is O=C1NCCCCCCC1C(=O)c1ccccc1. The van der Waals surface area contributed by atoms with E-state index in [-0.39, 0.29) is 11.7 Å². The molecule has 3 nitrogen and oxygen atoms in total. The molecule has 2 rings (SSSR count). The van der Waals surface area contributed by atoms with Crippen molar-refractivity contribution in [2.45, 2.75) is 32.1 Å². The lowest BCUT2D eigenvalue weighted by Gasteiger charge is -2.14. The number of Topliss-reactive ketones (excluding diaryl/α,β-unsaturated/α-hetero) is 1. The largest absolute Gasteiger partial charge is 0.355 e. The molecule has 1 unspecified atom stereocenters. The van der Waals surface area contributed by atoms with Crippen molar-refractivity contribution in [2.24, 2.45) is 5.92 Å². The Morgan fingerprint density at radius 2 is 1.78 bits per heavy atom. The summed E-state index contributed by atoms with van der Waals surface area (Å²) < 4.78 is 0. The van der Waals surface area contributed by atoms with Crippen LogP contribution in [0, 0.1) is 5.92 Å². The normalized spacial score (nSPS) is 21.3. The second-order valence-corrected chi connectivity index (χ2v) is 4.78. The summed E-state index contributed by atoms with van der Waals surface area (Å²) in [5.74, 6) is -0.661. The van der Waals surface area contributed by atoms with Crippen molar-refractivity contribution in [3.63, 3.8) is 0 Å². The van der Waals surface area contributed by atoms with Gasteiger partial charge in [0.25, 0.3) is 0 Å². The average molecular weight is 245 g/mol. The van der Waals surface area contributed by atoms with Gasteiger partial charge in [0.2, 0.25) is 5.91 Å². The van der Waals surface area contributed by atoms with Gasteiger partial charge in [0.1, 0.15) is 5.92 Å². The Bertz CT molecular complexity index is 414. The first kappa shape index (κ1) is 12.8. The van der Waals surface area contributed by atoms with E-state index in [1.54, 1.807) is 12.1 Å². The van der Waals surface area contributed by atoms with E-state index in [0.717, 1.165) is 25.7 Å². The number of rotatable bonds is 2. The molecule has 1 aromatic carbocycles. The number of amides is 1. The molecule has 0 aromatic heterocycles. The summed E-state index contributed by atoms with van der Waals surface area (Å²) in [6, 6.07) is 9.10. The molecule has 18 heavy (non-hydrogen) atoms. The van der Waals surface area contributed by atoms with E-state index in [1.165, 1.54) is 0 Å². The standard InChI is InChI=1S/C15H19NO2/c17-14(12-8-4-3-5-9-12)13-10-6-1-2-7-11-16-15(13)18/h3-5,8-9,13H,1-2,6-7,10-11H2,(H,16,18).